The second-order valence-corrected chi connectivity index (χ2v) is 20.3. The average Bonchev–Trinajstić information content (AvgIpc) is 4.11. The van der Waals surface area contributed by atoms with Gasteiger partial charge in [-0.15, -0.1) is 5.26 Å². The molecule has 6 aliphatic rings. The van der Waals surface area contributed by atoms with Gasteiger partial charge in [-0.25, -0.2) is 23.1 Å². The van der Waals surface area contributed by atoms with Crippen LogP contribution in [0.3, 0.4) is 0 Å². The molecule has 2 aromatic heterocycles. The van der Waals surface area contributed by atoms with Crippen LogP contribution in [0.2, 0.25) is 0 Å². The number of primary sulfonamides is 1. The van der Waals surface area contributed by atoms with Crippen molar-refractivity contribution in [3.8, 4) is 12.0 Å². The minimum Gasteiger partial charge on any atom is -0.387 e. The predicted molar refractivity (Wildman–Crippen MR) is 233 cm³/mol. The second kappa shape index (κ2) is 18.2. The van der Waals surface area contributed by atoms with Gasteiger partial charge in [-0.1, -0.05) is 12.1 Å². The zero-order chi connectivity index (χ0) is 45.4. The summed E-state index contributed by atoms with van der Waals surface area (Å²) in [6.07, 6.45) is 15.9. The highest BCUT2D eigenvalue weighted by molar-refractivity contribution is 7.90. The SMILES string of the molecule is COC1(c2cc(S(=O)(=O)NC(=O)Nc3c4c(cc5c3CCC5)CCC4)nn2C)CCOC1.COC1(c2cc(S(N)(=O)=O)nn2C)CCOC1.N#COc1c2c(cc3c1CCC3)CCC2. The number of methoxy groups -OCH3 is 2. The maximum absolute atomic E-state index is 13.0. The molecule has 0 bridgehead atoms. The van der Waals surface area contributed by atoms with Gasteiger partial charge in [0.2, 0.25) is 0 Å². The van der Waals surface area contributed by atoms with E-state index >= 15 is 0 Å². The van der Waals surface area contributed by atoms with Crippen LogP contribution >= 0.6 is 0 Å². The number of benzene rings is 2. The number of nitriles is 1. The normalized spacial score (nSPS) is 21.8. The number of aryl methyl sites for hydroxylation is 6. The Hall–Kier alpha value is -4.88. The van der Waals surface area contributed by atoms with Crippen molar-refractivity contribution in [2.24, 2.45) is 19.2 Å². The Morgan fingerprint density at radius 3 is 1.56 bits per heavy atom. The lowest BCUT2D eigenvalue weighted by Crippen LogP contribution is -2.35. The third kappa shape index (κ3) is 8.78. The molecule has 344 valence electrons. The Balaban J connectivity index is 0.000000146. The van der Waals surface area contributed by atoms with Gasteiger partial charge < -0.3 is 29.0 Å². The first-order valence-corrected chi connectivity index (χ1v) is 24.8. The van der Waals surface area contributed by atoms with Crippen molar-refractivity contribution >= 4 is 31.8 Å². The summed E-state index contributed by atoms with van der Waals surface area (Å²) in [6.45, 7) is 1.80. The quantitative estimate of drug-likeness (QED) is 0.201. The van der Waals surface area contributed by atoms with E-state index in [1.54, 1.807) is 28.3 Å². The summed E-state index contributed by atoms with van der Waals surface area (Å²) in [6, 6.07) is 6.73. The van der Waals surface area contributed by atoms with Crippen LogP contribution < -0.4 is 19.9 Å². The average molecular weight is 921 g/mol. The molecule has 2 aliphatic heterocycles. The zero-order valence-electron chi connectivity index (χ0n) is 36.7. The van der Waals surface area contributed by atoms with Crippen molar-refractivity contribution in [1.29, 1.82) is 5.26 Å². The monoisotopic (exact) mass is 920 g/mol. The standard InChI is InChI=1S/C22H28N4O5S.C13H13NO.C9H15N3O4S/c1-26-18(22(30-2)9-10-31-13-22)12-19(24-26)32(28,29)25-21(27)23-20-16-7-3-5-14(16)11-15-6-4-8-17(15)20;14-8-15-13-11-5-1-3-9(11)7-10-4-2-6-12(10)13;1-12-7(5-8(11-12)17(10,13)14)9(15-2)3-4-16-6-9/h11-12H,3-10,13H2,1-2H3,(H2,23,25,27);7H,1-6H2;5H,3-4,6H2,1-2H3,(H2,10,13,14). The number of nitrogens with one attached hydrogen (secondary N) is 2. The minimum absolute atomic E-state index is 0.154. The van der Waals surface area contributed by atoms with Crippen molar-refractivity contribution in [3.63, 3.8) is 0 Å². The number of nitrogens with two attached hydrogens (primary N) is 1. The number of hydrogen-bond acceptors (Lipinski definition) is 13. The number of ether oxygens (including phenoxy) is 5. The lowest BCUT2D eigenvalue weighted by atomic mass is 9.99. The molecule has 2 atom stereocenters. The highest BCUT2D eigenvalue weighted by Gasteiger charge is 2.42. The van der Waals surface area contributed by atoms with Gasteiger partial charge in [-0.05, 0) is 122 Å². The van der Waals surface area contributed by atoms with Gasteiger partial charge in [0, 0.05) is 72.2 Å². The molecule has 2 saturated heterocycles. The van der Waals surface area contributed by atoms with Crippen LogP contribution in [0.5, 0.6) is 5.75 Å². The highest BCUT2D eigenvalue weighted by Crippen LogP contribution is 2.41. The molecule has 2 unspecified atom stereocenters. The topological polar surface area (TPSA) is 241 Å². The van der Waals surface area contributed by atoms with Crippen molar-refractivity contribution in [2.45, 2.75) is 111 Å². The third-order valence-electron chi connectivity index (χ3n) is 13.5. The summed E-state index contributed by atoms with van der Waals surface area (Å²) in [4.78, 5) is 12.8. The third-order valence-corrected chi connectivity index (χ3v) is 15.5. The van der Waals surface area contributed by atoms with Crippen LogP contribution in [-0.4, -0.2) is 83.1 Å². The smallest absolute Gasteiger partial charge is 0.333 e. The summed E-state index contributed by atoms with van der Waals surface area (Å²) in [7, 11) is -1.51. The molecular formula is C44H56N8O10S2. The van der Waals surface area contributed by atoms with Gasteiger partial charge in [0.15, 0.2) is 10.1 Å². The second-order valence-electron chi connectivity index (χ2n) is 17.2. The van der Waals surface area contributed by atoms with E-state index in [-0.39, 0.29) is 10.1 Å². The number of hydrogen-bond donors (Lipinski definition) is 3. The maximum Gasteiger partial charge on any atom is 0.333 e. The van der Waals surface area contributed by atoms with Crippen molar-refractivity contribution < 1.29 is 45.3 Å². The van der Waals surface area contributed by atoms with Crippen molar-refractivity contribution in [3.05, 3.63) is 80.2 Å². The molecule has 0 saturated carbocycles. The van der Waals surface area contributed by atoms with E-state index in [2.05, 4.69) is 32.4 Å². The van der Waals surface area contributed by atoms with E-state index < -0.39 is 37.3 Å². The summed E-state index contributed by atoms with van der Waals surface area (Å²) < 4.78 is 80.6. The number of aromatic nitrogens is 4. The van der Waals surface area contributed by atoms with Gasteiger partial charge in [0.05, 0.1) is 24.6 Å². The molecule has 2 aromatic carbocycles. The van der Waals surface area contributed by atoms with Gasteiger partial charge in [0.1, 0.15) is 17.0 Å². The Labute approximate surface area is 373 Å². The number of fused-ring (bicyclic) bond motifs is 4. The molecule has 10 rings (SSSR count). The molecule has 18 nitrogen and oxygen atoms in total. The van der Waals surface area contributed by atoms with E-state index in [0.29, 0.717) is 50.7 Å². The summed E-state index contributed by atoms with van der Waals surface area (Å²) in [5.74, 6) is 0.903. The van der Waals surface area contributed by atoms with E-state index in [0.717, 1.165) is 86.8 Å². The van der Waals surface area contributed by atoms with E-state index in [9.17, 15) is 21.6 Å². The molecule has 2 fully saturated rings. The Kier molecular flexibility index (Phi) is 13.0. The summed E-state index contributed by atoms with van der Waals surface area (Å²) >= 11 is 0. The highest BCUT2D eigenvalue weighted by atomic mass is 32.2. The number of sulfonamides is 2. The Morgan fingerprint density at radius 2 is 1.16 bits per heavy atom. The molecule has 2 amide bonds. The first kappa shape index (κ1) is 45.7. The van der Waals surface area contributed by atoms with Crippen LogP contribution in [0.25, 0.3) is 0 Å². The fraction of sp³-hybridized carbons (Fsp3) is 0.545. The minimum atomic E-state index is -4.16. The summed E-state index contributed by atoms with van der Waals surface area (Å²) in [5.41, 5.74) is 10.9. The van der Waals surface area contributed by atoms with Crippen molar-refractivity contribution in [2.75, 3.05) is 46.0 Å². The molecule has 4 aliphatic carbocycles. The van der Waals surface area contributed by atoms with Gasteiger partial charge in [-0.2, -0.15) is 18.6 Å². The van der Waals surface area contributed by atoms with E-state index in [4.69, 9.17) is 34.1 Å². The molecule has 0 radical (unpaired) electrons. The molecule has 4 aromatic rings. The molecule has 4 heterocycles. The Bertz CT molecular complexity index is 2650. The molecule has 20 heteroatoms. The number of carbonyl (C=O) groups excluding carboxylic acids is 1. The first-order chi connectivity index (χ1) is 30.6. The number of nitrogens with zero attached hydrogens (tertiary/aromatic N) is 5. The lowest BCUT2D eigenvalue weighted by molar-refractivity contribution is -0.0273. The largest absolute Gasteiger partial charge is 0.387 e. The molecular weight excluding hydrogens is 865 g/mol. The lowest BCUT2D eigenvalue weighted by Gasteiger charge is -2.25. The van der Waals surface area contributed by atoms with Crippen LogP contribution in [0.15, 0.2) is 34.3 Å². The van der Waals surface area contributed by atoms with Crippen LogP contribution in [-0.2, 0) is 116 Å². The Morgan fingerprint density at radius 1 is 0.719 bits per heavy atom. The van der Waals surface area contributed by atoms with Gasteiger partial charge in [-0.3, -0.25) is 9.36 Å². The number of carbonyl (C=O) groups is 1. The fourth-order valence-corrected chi connectivity index (χ4v) is 11.7. The molecule has 4 N–H and O–H groups in total. The van der Waals surface area contributed by atoms with Gasteiger partial charge in [0.25, 0.3) is 26.3 Å². The van der Waals surface area contributed by atoms with Crippen LogP contribution in [0, 0.1) is 11.5 Å². The summed E-state index contributed by atoms with van der Waals surface area (Å²) in [5, 5.41) is 24.3. The first-order valence-electron chi connectivity index (χ1n) is 21.7. The number of rotatable bonds is 9. The number of amides is 2. The van der Waals surface area contributed by atoms with Gasteiger partial charge >= 0.3 is 6.03 Å². The zero-order valence-corrected chi connectivity index (χ0v) is 38.4. The molecule has 64 heavy (non-hydrogen) atoms. The van der Waals surface area contributed by atoms with Crippen molar-refractivity contribution in [1.82, 2.24) is 24.3 Å². The fourth-order valence-electron chi connectivity index (χ4n) is 10.2. The number of urea groups is 1. The molecule has 0 spiro atoms. The van der Waals surface area contributed by atoms with E-state index in [1.165, 1.54) is 67.7 Å². The van der Waals surface area contributed by atoms with Crippen LogP contribution in [0.1, 0.15) is 94.4 Å². The number of anilines is 1. The van der Waals surface area contributed by atoms with E-state index in [1.807, 2.05) is 6.26 Å². The maximum atomic E-state index is 13.0. The predicted octanol–water partition coefficient (Wildman–Crippen LogP) is 4.02. The van der Waals surface area contributed by atoms with Crippen LogP contribution in [0.4, 0.5) is 10.5 Å².